The van der Waals surface area contributed by atoms with Crippen molar-refractivity contribution in [3.05, 3.63) is 48.0 Å². The van der Waals surface area contributed by atoms with Crippen molar-refractivity contribution in [1.82, 2.24) is 0 Å². The monoisotopic (exact) mass is 333 g/mol. The molecule has 5 nitrogen and oxygen atoms in total. The number of rotatable bonds is 5. The smallest absolute Gasteiger partial charge is 0.261 e. The van der Waals surface area contributed by atoms with Crippen LogP contribution < -0.4 is 14.2 Å². The Balaban J connectivity index is 1.80. The fourth-order valence-electron chi connectivity index (χ4n) is 2.44. The predicted molar refractivity (Wildman–Crippen MR) is 88.7 cm³/mol. The van der Waals surface area contributed by atoms with Crippen molar-refractivity contribution in [3.8, 4) is 11.5 Å². The fourth-order valence-corrected chi connectivity index (χ4v) is 3.49. The Morgan fingerprint density at radius 1 is 1.00 bits per heavy atom. The van der Waals surface area contributed by atoms with Gasteiger partial charge in [-0.15, -0.1) is 0 Å². The lowest BCUT2D eigenvalue weighted by molar-refractivity contribution is 0.171. The van der Waals surface area contributed by atoms with Crippen molar-refractivity contribution in [2.24, 2.45) is 0 Å². The molecule has 0 saturated heterocycles. The summed E-state index contributed by atoms with van der Waals surface area (Å²) in [5, 5.41) is 0. The highest BCUT2D eigenvalue weighted by molar-refractivity contribution is 7.92. The van der Waals surface area contributed by atoms with E-state index in [4.69, 9.17) is 9.47 Å². The van der Waals surface area contributed by atoms with Crippen molar-refractivity contribution in [2.75, 3.05) is 17.9 Å². The lowest BCUT2D eigenvalue weighted by atomic mass is 10.1. The van der Waals surface area contributed by atoms with E-state index in [1.165, 1.54) is 0 Å². The first kappa shape index (κ1) is 15.7. The van der Waals surface area contributed by atoms with Gasteiger partial charge in [-0.2, -0.15) is 0 Å². The standard InChI is InChI=1S/C17H19NO4S/c1-2-3-13-4-7-15(8-5-13)23(19,20)18-14-6-9-16-17(12-14)22-11-10-21-16/h4-9,12,18H,2-3,10-11H2,1H3. The Bertz CT molecular complexity index is 785. The van der Waals surface area contributed by atoms with Crippen molar-refractivity contribution in [1.29, 1.82) is 0 Å². The summed E-state index contributed by atoms with van der Waals surface area (Å²) in [6.07, 6.45) is 1.97. The van der Waals surface area contributed by atoms with Crippen LogP contribution in [-0.4, -0.2) is 21.6 Å². The molecule has 1 aliphatic heterocycles. The van der Waals surface area contributed by atoms with Crippen LogP contribution in [0.1, 0.15) is 18.9 Å². The summed E-state index contributed by atoms with van der Waals surface area (Å²) >= 11 is 0. The summed E-state index contributed by atoms with van der Waals surface area (Å²) in [7, 11) is -3.62. The van der Waals surface area contributed by atoms with Gasteiger partial charge in [-0.1, -0.05) is 25.5 Å². The maximum absolute atomic E-state index is 12.5. The molecule has 1 N–H and O–H groups in total. The van der Waals surface area contributed by atoms with Crippen LogP contribution in [0.3, 0.4) is 0 Å². The van der Waals surface area contributed by atoms with Crippen LogP contribution in [0, 0.1) is 0 Å². The zero-order valence-corrected chi connectivity index (χ0v) is 13.7. The zero-order valence-electron chi connectivity index (χ0n) is 12.9. The second-order valence-electron chi connectivity index (χ2n) is 5.36. The summed E-state index contributed by atoms with van der Waals surface area (Å²) in [4.78, 5) is 0.243. The molecule has 0 aliphatic carbocycles. The summed E-state index contributed by atoms with van der Waals surface area (Å²) in [5.74, 6) is 1.18. The van der Waals surface area contributed by atoms with E-state index in [1.807, 2.05) is 12.1 Å². The number of anilines is 1. The number of hydrogen-bond acceptors (Lipinski definition) is 4. The predicted octanol–water partition coefficient (Wildman–Crippen LogP) is 3.21. The van der Waals surface area contributed by atoms with E-state index in [2.05, 4.69) is 11.6 Å². The molecule has 0 radical (unpaired) electrons. The van der Waals surface area contributed by atoms with E-state index >= 15 is 0 Å². The Hall–Kier alpha value is -2.21. The van der Waals surface area contributed by atoms with E-state index in [0.717, 1.165) is 18.4 Å². The van der Waals surface area contributed by atoms with Crippen LogP contribution in [0.25, 0.3) is 0 Å². The van der Waals surface area contributed by atoms with Gasteiger partial charge >= 0.3 is 0 Å². The molecule has 0 fully saturated rings. The van der Waals surface area contributed by atoms with E-state index in [-0.39, 0.29) is 4.90 Å². The second kappa shape index (κ2) is 6.50. The van der Waals surface area contributed by atoms with Crippen molar-refractivity contribution >= 4 is 15.7 Å². The molecule has 2 aromatic carbocycles. The van der Waals surface area contributed by atoms with Gasteiger partial charge in [-0.05, 0) is 36.2 Å². The van der Waals surface area contributed by atoms with Gasteiger partial charge in [0.05, 0.1) is 10.6 Å². The normalized spacial score (nSPS) is 13.6. The average molecular weight is 333 g/mol. The van der Waals surface area contributed by atoms with Crippen LogP contribution in [-0.2, 0) is 16.4 Å². The minimum atomic E-state index is -3.62. The Labute approximate surface area is 136 Å². The first-order valence-electron chi connectivity index (χ1n) is 7.60. The van der Waals surface area contributed by atoms with Crippen LogP contribution in [0.4, 0.5) is 5.69 Å². The van der Waals surface area contributed by atoms with Gasteiger partial charge < -0.3 is 9.47 Å². The molecule has 0 bridgehead atoms. The number of hydrogen-bond donors (Lipinski definition) is 1. The molecular formula is C17H19NO4S. The van der Waals surface area contributed by atoms with Gasteiger partial charge in [0.25, 0.3) is 10.0 Å². The van der Waals surface area contributed by atoms with Gasteiger partial charge in [-0.25, -0.2) is 8.42 Å². The first-order valence-corrected chi connectivity index (χ1v) is 9.08. The van der Waals surface area contributed by atoms with Crippen molar-refractivity contribution < 1.29 is 17.9 Å². The van der Waals surface area contributed by atoms with Gasteiger partial charge in [0.2, 0.25) is 0 Å². The van der Waals surface area contributed by atoms with E-state index in [0.29, 0.717) is 30.4 Å². The summed E-state index contributed by atoms with van der Waals surface area (Å²) in [5.41, 5.74) is 1.58. The molecule has 1 aliphatic rings. The lowest BCUT2D eigenvalue weighted by Crippen LogP contribution is -2.16. The van der Waals surface area contributed by atoms with Crippen molar-refractivity contribution in [2.45, 2.75) is 24.7 Å². The van der Waals surface area contributed by atoms with Gasteiger partial charge in [0, 0.05) is 6.07 Å². The number of benzene rings is 2. The molecule has 0 unspecified atom stereocenters. The molecule has 122 valence electrons. The highest BCUT2D eigenvalue weighted by atomic mass is 32.2. The molecule has 3 rings (SSSR count). The quantitative estimate of drug-likeness (QED) is 0.912. The van der Waals surface area contributed by atoms with Gasteiger partial charge in [0.15, 0.2) is 11.5 Å². The number of fused-ring (bicyclic) bond motifs is 1. The number of aryl methyl sites for hydroxylation is 1. The van der Waals surface area contributed by atoms with Gasteiger partial charge in [0.1, 0.15) is 13.2 Å². The second-order valence-corrected chi connectivity index (χ2v) is 7.04. The molecule has 0 aromatic heterocycles. The summed E-state index contributed by atoms with van der Waals surface area (Å²) < 4.78 is 38.4. The van der Waals surface area contributed by atoms with Crippen molar-refractivity contribution in [3.63, 3.8) is 0 Å². The van der Waals surface area contributed by atoms with Crippen LogP contribution in [0.5, 0.6) is 11.5 Å². The summed E-state index contributed by atoms with van der Waals surface area (Å²) in [6.45, 7) is 3.05. The topological polar surface area (TPSA) is 64.6 Å². The molecule has 23 heavy (non-hydrogen) atoms. The molecule has 2 aromatic rings. The third kappa shape index (κ3) is 3.59. The van der Waals surface area contributed by atoms with Gasteiger partial charge in [-0.3, -0.25) is 4.72 Å². The highest BCUT2D eigenvalue weighted by Crippen LogP contribution is 2.33. The minimum absolute atomic E-state index is 0.243. The Morgan fingerprint density at radius 2 is 1.70 bits per heavy atom. The van der Waals surface area contributed by atoms with E-state index in [1.54, 1.807) is 30.3 Å². The number of nitrogens with one attached hydrogen (secondary N) is 1. The maximum Gasteiger partial charge on any atom is 0.261 e. The zero-order chi connectivity index (χ0) is 16.3. The summed E-state index contributed by atoms with van der Waals surface area (Å²) in [6, 6.07) is 12.0. The molecule has 0 spiro atoms. The highest BCUT2D eigenvalue weighted by Gasteiger charge is 2.17. The maximum atomic E-state index is 12.5. The molecule has 1 heterocycles. The Kier molecular flexibility index (Phi) is 4.43. The number of ether oxygens (including phenoxy) is 2. The fraction of sp³-hybridized carbons (Fsp3) is 0.294. The minimum Gasteiger partial charge on any atom is -0.486 e. The largest absolute Gasteiger partial charge is 0.486 e. The third-order valence-corrected chi connectivity index (χ3v) is 4.96. The van der Waals surface area contributed by atoms with Crippen LogP contribution >= 0.6 is 0 Å². The SMILES string of the molecule is CCCc1ccc(S(=O)(=O)Nc2ccc3c(c2)OCCO3)cc1. The molecule has 0 atom stereocenters. The Morgan fingerprint density at radius 3 is 2.39 bits per heavy atom. The van der Waals surface area contributed by atoms with E-state index < -0.39 is 10.0 Å². The first-order chi connectivity index (χ1) is 11.1. The lowest BCUT2D eigenvalue weighted by Gasteiger charge is -2.19. The molecular weight excluding hydrogens is 314 g/mol. The van der Waals surface area contributed by atoms with Crippen LogP contribution in [0.15, 0.2) is 47.4 Å². The molecule has 6 heteroatoms. The molecule has 0 amide bonds. The average Bonchev–Trinajstić information content (AvgIpc) is 2.55. The number of sulfonamides is 1. The third-order valence-electron chi connectivity index (χ3n) is 3.57. The van der Waals surface area contributed by atoms with E-state index in [9.17, 15) is 8.42 Å². The molecule has 0 saturated carbocycles. The van der Waals surface area contributed by atoms with Crippen LogP contribution in [0.2, 0.25) is 0 Å².